The van der Waals surface area contributed by atoms with Crippen LogP contribution < -0.4 is 0 Å². The molecule has 1 aromatic heterocycles. The van der Waals surface area contributed by atoms with Crippen molar-refractivity contribution < 1.29 is 5.11 Å². The summed E-state index contributed by atoms with van der Waals surface area (Å²) < 4.78 is 2.36. The zero-order chi connectivity index (χ0) is 11.8. The Morgan fingerprint density at radius 1 is 1.12 bits per heavy atom. The van der Waals surface area contributed by atoms with E-state index in [1.807, 2.05) is 0 Å². The van der Waals surface area contributed by atoms with Crippen molar-refractivity contribution in [2.75, 3.05) is 0 Å². The van der Waals surface area contributed by atoms with Gasteiger partial charge in [0.25, 0.3) is 0 Å². The van der Waals surface area contributed by atoms with E-state index in [0.717, 1.165) is 31.5 Å². The van der Waals surface area contributed by atoms with Gasteiger partial charge >= 0.3 is 0 Å². The van der Waals surface area contributed by atoms with Crippen LogP contribution in [0.3, 0.4) is 0 Å². The van der Waals surface area contributed by atoms with E-state index in [1.165, 1.54) is 37.1 Å². The molecule has 0 amide bonds. The quantitative estimate of drug-likeness (QED) is 0.811. The number of rotatable bonds is 1. The third-order valence-electron chi connectivity index (χ3n) is 4.37. The van der Waals surface area contributed by atoms with Gasteiger partial charge in [0, 0.05) is 5.69 Å². The fourth-order valence-corrected chi connectivity index (χ4v) is 3.53. The molecule has 94 valence electrons. The molecule has 2 atom stereocenters. The molecule has 1 heterocycles. The van der Waals surface area contributed by atoms with Gasteiger partial charge in [0.1, 0.15) is 5.82 Å². The standard InChI is InChI=1S/C14H22N2O/c1-10-15-11-6-2-3-7-12(11)16(10)13-8-4-5-9-14(13)17/h13-14,17H,2-9H2,1H3. The van der Waals surface area contributed by atoms with Crippen molar-refractivity contribution in [1.82, 2.24) is 9.55 Å². The molecule has 3 rings (SSSR count). The van der Waals surface area contributed by atoms with Gasteiger partial charge in [-0.15, -0.1) is 0 Å². The Hall–Kier alpha value is -0.830. The first-order valence-electron chi connectivity index (χ1n) is 7.02. The first kappa shape index (κ1) is 11.3. The first-order valence-corrected chi connectivity index (χ1v) is 7.02. The maximum Gasteiger partial charge on any atom is 0.106 e. The summed E-state index contributed by atoms with van der Waals surface area (Å²) in [5.74, 6) is 1.11. The van der Waals surface area contributed by atoms with Crippen molar-refractivity contribution >= 4 is 0 Å². The molecule has 0 aliphatic heterocycles. The minimum Gasteiger partial charge on any atom is -0.391 e. The van der Waals surface area contributed by atoms with Gasteiger partial charge in [0.2, 0.25) is 0 Å². The molecule has 0 bridgehead atoms. The maximum atomic E-state index is 10.2. The van der Waals surface area contributed by atoms with Crippen LogP contribution in [-0.2, 0) is 12.8 Å². The number of aliphatic hydroxyl groups is 1. The second-order valence-corrected chi connectivity index (χ2v) is 5.55. The molecule has 2 aliphatic carbocycles. The summed E-state index contributed by atoms with van der Waals surface area (Å²) in [5.41, 5.74) is 2.71. The fraction of sp³-hybridized carbons (Fsp3) is 0.786. The van der Waals surface area contributed by atoms with Gasteiger partial charge in [-0.05, 0) is 45.4 Å². The number of imidazole rings is 1. The van der Waals surface area contributed by atoms with E-state index in [-0.39, 0.29) is 12.1 Å². The van der Waals surface area contributed by atoms with Crippen LogP contribution in [0.2, 0.25) is 0 Å². The van der Waals surface area contributed by atoms with E-state index in [2.05, 4.69) is 11.5 Å². The van der Waals surface area contributed by atoms with Gasteiger partial charge in [0.15, 0.2) is 0 Å². The molecule has 2 unspecified atom stereocenters. The average molecular weight is 234 g/mol. The molecule has 0 radical (unpaired) electrons. The Morgan fingerprint density at radius 2 is 1.88 bits per heavy atom. The van der Waals surface area contributed by atoms with Crippen molar-refractivity contribution in [3.05, 3.63) is 17.2 Å². The molecule has 3 nitrogen and oxygen atoms in total. The summed E-state index contributed by atoms with van der Waals surface area (Å²) in [6.45, 7) is 2.10. The second-order valence-electron chi connectivity index (χ2n) is 5.55. The molecular formula is C14H22N2O. The van der Waals surface area contributed by atoms with Gasteiger partial charge in [0.05, 0.1) is 17.8 Å². The third kappa shape index (κ3) is 1.90. The molecular weight excluding hydrogens is 212 g/mol. The summed E-state index contributed by atoms with van der Waals surface area (Å²) in [4.78, 5) is 4.71. The lowest BCUT2D eigenvalue weighted by Crippen LogP contribution is -2.29. The van der Waals surface area contributed by atoms with Crippen LogP contribution in [0.4, 0.5) is 0 Å². The normalized spacial score (nSPS) is 29.1. The van der Waals surface area contributed by atoms with Crippen LogP contribution in [0.15, 0.2) is 0 Å². The highest BCUT2D eigenvalue weighted by molar-refractivity contribution is 5.21. The van der Waals surface area contributed by atoms with Crippen molar-refractivity contribution in [3.8, 4) is 0 Å². The molecule has 0 spiro atoms. The zero-order valence-electron chi connectivity index (χ0n) is 10.7. The summed E-state index contributed by atoms with van der Waals surface area (Å²) in [6, 6.07) is 0.290. The van der Waals surface area contributed by atoms with Crippen LogP contribution in [0.25, 0.3) is 0 Å². The zero-order valence-corrected chi connectivity index (χ0v) is 10.7. The molecule has 2 aliphatic rings. The van der Waals surface area contributed by atoms with E-state index in [1.54, 1.807) is 0 Å². The number of aryl methyl sites for hydroxylation is 2. The van der Waals surface area contributed by atoms with Crippen molar-refractivity contribution in [2.45, 2.75) is 70.4 Å². The van der Waals surface area contributed by atoms with Gasteiger partial charge in [-0.25, -0.2) is 4.98 Å². The SMILES string of the molecule is Cc1nc2c(n1C1CCCCC1O)CCCC2. The van der Waals surface area contributed by atoms with E-state index in [9.17, 15) is 5.11 Å². The van der Waals surface area contributed by atoms with E-state index in [0.29, 0.717) is 0 Å². The highest BCUT2D eigenvalue weighted by Gasteiger charge is 2.29. The molecule has 3 heteroatoms. The van der Waals surface area contributed by atoms with Gasteiger partial charge in [-0.3, -0.25) is 0 Å². The highest BCUT2D eigenvalue weighted by Crippen LogP contribution is 2.33. The molecule has 1 fully saturated rings. The van der Waals surface area contributed by atoms with E-state index in [4.69, 9.17) is 4.98 Å². The summed E-state index contributed by atoms with van der Waals surface area (Å²) >= 11 is 0. The second kappa shape index (κ2) is 4.45. The predicted molar refractivity (Wildman–Crippen MR) is 67.1 cm³/mol. The van der Waals surface area contributed by atoms with Crippen LogP contribution in [0.5, 0.6) is 0 Å². The number of aromatic nitrogens is 2. The summed E-state index contributed by atoms with van der Waals surface area (Å²) in [5, 5.41) is 10.2. The van der Waals surface area contributed by atoms with Crippen molar-refractivity contribution in [3.63, 3.8) is 0 Å². The van der Waals surface area contributed by atoms with Crippen molar-refractivity contribution in [1.29, 1.82) is 0 Å². The molecule has 0 aromatic carbocycles. The number of hydrogen-bond acceptors (Lipinski definition) is 2. The summed E-state index contributed by atoms with van der Waals surface area (Å²) in [6.07, 6.45) is 9.16. The predicted octanol–water partition coefficient (Wildman–Crippen LogP) is 2.55. The Labute approximate surface area is 103 Å². The van der Waals surface area contributed by atoms with Crippen LogP contribution in [0, 0.1) is 6.92 Å². The average Bonchev–Trinajstić information content (AvgIpc) is 2.66. The summed E-state index contributed by atoms with van der Waals surface area (Å²) in [7, 11) is 0. The van der Waals surface area contributed by atoms with Crippen LogP contribution >= 0.6 is 0 Å². The van der Waals surface area contributed by atoms with Crippen LogP contribution in [-0.4, -0.2) is 20.8 Å². The lowest BCUT2D eigenvalue weighted by Gasteiger charge is -2.31. The number of nitrogens with zero attached hydrogens (tertiary/aromatic N) is 2. The Bertz CT molecular complexity index is 411. The monoisotopic (exact) mass is 234 g/mol. The lowest BCUT2D eigenvalue weighted by molar-refractivity contribution is 0.0729. The third-order valence-corrected chi connectivity index (χ3v) is 4.37. The first-order chi connectivity index (χ1) is 8.27. The lowest BCUT2D eigenvalue weighted by atomic mass is 9.91. The van der Waals surface area contributed by atoms with Gasteiger partial charge in [-0.1, -0.05) is 12.8 Å². The topological polar surface area (TPSA) is 38.0 Å². The van der Waals surface area contributed by atoms with Crippen molar-refractivity contribution in [2.24, 2.45) is 0 Å². The fourth-order valence-electron chi connectivity index (χ4n) is 3.53. The van der Waals surface area contributed by atoms with Gasteiger partial charge < -0.3 is 9.67 Å². The van der Waals surface area contributed by atoms with Crippen LogP contribution in [0.1, 0.15) is 61.8 Å². The van der Waals surface area contributed by atoms with E-state index < -0.39 is 0 Å². The molecule has 1 N–H and O–H groups in total. The minimum absolute atomic E-state index is 0.164. The molecule has 17 heavy (non-hydrogen) atoms. The highest BCUT2D eigenvalue weighted by atomic mass is 16.3. The smallest absolute Gasteiger partial charge is 0.106 e. The molecule has 1 aromatic rings. The Kier molecular flexibility index (Phi) is 2.95. The maximum absolute atomic E-state index is 10.2. The Morgan fingerprint density at radius 3 is 2.71 bits per heavy atom. The molecule has 0 saturated heterocycles. The minimum atomic E-state index is -0.164. The molecule has 1 saturated carbocycles. The number of hydrogen-bond donors (Lipinski definition) is 1. The number of fused-ring (bicyclic) bond motifs is 1. The van der Waals surface area contributed by atoms with E-state index >= 15 is 0 Å². The van der Waals surface area contributed by atoms with Gasteiger partial charge in [-0.2, -0.15) is 0 Å². The Balaban J connectivity index is 1.98. The number of aliphatic hydroxyl groups excluding tert-OH is 1. The largest absolute Gasteiger partial charge is 0.391 e.